The molecule has 2 aliphatic heterocycles. The minimum Gasteiger partial charge on any atom is -0.380 e. The maximum Gasteiger partial charge on any atom is 0.327 e. The number of likely N-dealkylation sites (N-methyl/N-ethyl adjacent to an activating group) is 1. The van der Waals surface area contributed by atoms with Gasteiger partial charge in [-0.25, -0.2) is 4.79 Å². The van der Waals surface area contributed by atoms with Crippen LogP contribution < -0.4 is 0 Å². The highest BCUT2D eigenvalue weighted by Crippen LogP contribution is 2.50. The number of imide groups is 1. The second kappa shape index (κ2) is 9.04. The second-order valence-corrected chi connectivity index (χ2v) is 10.8. The Morgan fingerprint density at radius 1 is 1.11 bits per heavy atom. The summed E-state index contributed by atoms with van der Waals surface area (Å²) in [6, 6.07) is 9.57. The highest BCUT2D eigenvalue weighted by molar-refractivity contribution is 6.01. The monoisotopic (exact) mass is 504 g/mol. The maximum atomic E-state index is 12.4. The Morgan fingerprint density at radius 2 is 1.81 bits per heavy atom. The van der Waals surface area contributed by atoms with Crippen molar-refractivity contribution in [2.45, 2.75) is 38.8 Å². The Morgan fingerprint density at radius 3 is 2.41 bits per heavy atom. The predicted molar refractivity (Wildman–Crippen MR) is 135 cm³/mol. The first-order valence-corrected chi connectivity index (χ1v) is 12.4. The van der Waals surface area contributed by atoms with Crippen molar-refractivity contribution in [2.75, 3.05) is 33.7 Å². The number of likely N-dealkylation sites (tertiary alicyclic amines) is 1. The second-order valence-electron chi connectivity index (χ2n) is 10.8. The normalized spacial score (nSPS) is 19.4. The zero-order valence-electron chi connectivity index (χ0n) is 21.8. The number of benzene rings is 1. The summed E-state index contributed by atoms with van der Waals surface area (Å²) in [4.78, 5) is 37.7. The first-order valence-electron chi connectivity index (χ1n) is 12.4. The topological polar surface area (TPSA) is 116 Å². The van der Waals surface area contributed by atoms with E-state index >= 15 is 0 Å². The van der Waals surface area contributed by atoms with Crippen molar-refractivity contribution >= 4 is 11.9 Å². The first kappa shape index (κ1) is 25.0. The fourth-order valence-electron chi connectivity index (χ4n) is 5.50. The highest BCUT2D eigenvalue weighted by Gasteiger charge is 2.55. The van der Waals surface area contributed by atoms with Crippen LogP contribution in [0.2, 0.25) is 0 Å². The number of hydrogen-bond donors (Lipinski definition) is 1. The van der Waals surface area contributed by atoms with Crippen molar-refractivity contribution in [1.82, 2.24) is 29.8 Å². The van der Waals surface area contributed by atoms with Crippen molar-refractivity contribution in [1.29, 1.82) is 0 Å². The summed E-state index contributed by atoms with van der Waals surface area (Å²) in [5, 5.41) is 16.5. The third-order valence-electron chi connectivity index (χ3n) is 7.51. The molecule has 4 heterocycles. The average Bonchev–Trinajstić information content (AvgIpc) is 3.43. The number of amides is 3. The third kappa shape index (κ3) is 4.19. The number of nitrogens with zero attached hydrogens (tertiary/aromatic N) is 6. The maximum absolute atomic E-state index is 12.4. The molecule has 10 heteroatoms. The molecule has 1 N–H and O–H groups in total. The minimum atomic E-state index is -1.30. The lowest BCUT2D eigenvalue weighted by Gasteiger charge is -2.55. The lowest BCUT2D eigenvalue weighted by atomic mass is 9.62. The van der Waals surface area contributed by atoms with Crippen LogP contribution in [0.4, 0.5) is 4.79 Å². The van der Waals surface area contributed by atoms with Crippen LogP contribution in [0, 0.1) is 5.41 Å². The summed E-state index contributed by atoms with van der Waals surface area (Å²) in [7, 11) is 3.60. The van der Waals surface area contributed by atoms with E-state index < -0.39 is 17.0 Å². The van der Waals surface area contributed by atoms with Crippen LogP contribution in [0.25, 0.3) is 11.4 Å². The van der Waals surface area contributed by atoms with E-state index in [0.29, 0.717) is 17.0 Å². The lowest BCUT2D eigenvalue weighted by molar-refractivity contribution is -0.127. The Bertz CT molecular complexity index is 1330. The average molecular weight is 505 g/mol. The van der Waals surface area contributed by atoms with Crippen molar-refractivity contribution in [3.8, 4) is 11.4 Å². The molecule has 37 heavy (non-hydrogen) atoms. The van der Waals surface area contributed by atoms with Gasteiger partial charge in [-0.2, -0.15) is 4.98 Å². The van der Waals surface area contributed by atoms with Gasteiger partial charge in [-0.3, -0.25) is 14.7 Å². The molecule has 2 fully saturated rings. The molecule has 3 amide bonds. The minimum absolute atomic E-state index is 0.0243. The largest absolute Gasteiger partial charge is 0.380 e. The van der Waals surface area contributed by atoms with E-state index in [1.54, 1.807) is 19.4 Å². The quantitative estimate of drug-likeness (QED) is 0.489. The summed E-state index contributed by atoms with van der Waals surface area (Å²) in [5.41, 5.74) is 1.47. The van der Waals surface area contributed by atoms with Crippen LogP contribution >= 0.6 is 0 Å². The van der Waals surface area contributed by atoms with Gasteiger partial charge in [0.05, 0.1) is 0 Å². The van der Waals surface area contributed by atoms with E-state index in [1.807, 2.05) is 25.2 Å². The molecule has 2 aromatic heterocycles. The van der Waals surface area contributed by atoms with Crippen LogP contribution in [-0.2, 0) is 16.9 Å². The fraction of sp³-hybridized carbons (Fsp3) is 0.444. The number of pyridine rings is 1. The molecule has 10 nitrogen and oxygen atoms in total. The van der Waals surface area contributed by atoms with Crippen molar-refractivity contribution in [2.24, 2.45) is 5.41 Å². The molecular formula is C27H32N6O4. The molecule has 194 valence electrons. The highest BCUT2D eigenvalue weighted by atomic mass is 16.5. The summed E-state index contributed by atoms with van der Waals surface area (Å²) in [6.07, 6.45) is 3.29. The van der Waals surface area contributed by atoms with E-state index in [2.05, 4.69) is 52.9 Å². The molecule has 1 unspecified atom stereocenters. The molecule has 0 aliphatic carbocycles. The molecule has 0 bridgehead atoms. The molecule has 0 saturated carbocycles. The number of aliphatic hydroxyl groups is 1. The molecule has 3 aromatic rings. The van der Waals surface area contributed by atoms with Gasteiger partial charge in [-0.05, 0) is 30.2 Å². The summed E-state index contributed by atoms with van der Waals surface area (Å²) in [5.74, 6) is 0.481. The number of carbonyl (C=O) groups is 2. The first-order chi connectivity index (χ1) is 17.5. The van der Waals surface area contributed by atoms with E-state index in [9.17, 15) is 14.7 Å². The van der Waals surface area contributed by atoms with Crippen LogP contribution in [0.15, 0.2) is 47.2 Å². The Kier molecular flexibility index (Phi) is 6.12. The molecule has 5 rings (SSSR count). The van der Waals surface area contributed by atoms with Crippen molar-refractivity contribution in [3.05, 3.63) is 65.3 Å². The molecule has 0 spiro atoms. The van der Waals surface area contributed by atoms with Gasteiger partial charge in [0.25, 0.3) is 5.91 Å². The zero-order valence-corrected chi connectivity index (χ0v) is 21.8. The zero-order chi connectivity index (χ0) is 26.5. The summed E-state index contributed by atoms with van der Waals surface area (Å²) >= 11 is 0. The van der Waals surface area contributed by atoms with E-state index in [0.717, 1.165) is 23.6 Å². The number of carbonyl (C=O) groups excluding carboxylic acids is 2. The van der Waals surface area contributed by atoms with Crippen LogP contribution in [0.3, 0.4) is 0 Å². The van der Waals surface area contributed by atoms with Crippen molar-refractivity contribution < 1.29 is 19.2 Å². The van der Waals surface area contributed by atoms with Gasteiger partial charge < -0.3 is 19.4 Å². The van der Waals surface area contributed by atoms with E-state index in [1.165, 1.54) is 10.5 Å². The number of hydrogen-bond acceptors (Lipinski definition) is 8. The molecule has 2 saturated heterocycles. The Hall–Kier alpha value is -3.63. The smallest absolute Gasteiger partial charge is 0.327 e. The number of urea groups is 1. The van der Waals surface area contributed by atoms with Gasteiger partial charge in [-0.1, -0.05) is 50.2 Å². The molecular weight excluding hydrogens is 472 g/mol. The molecule has 2 aliphatic rings. The number of rotatable bonds is 7. The molecule has 1 atom stereocenters. The Balaban J connectivity index is 1.49. The van der Waals surface area contributed by atoms with Gasteiger partial charge in [-0.15, -0.1) is 0 Å². The van der Waals surface area contributed by atoms with Crippen molar-refractivity contribution in [3.63, 3.8) is 0 Å². The van der Waals surface area contributed by atoms with Crippen LogP contribution in [0.5, 0.6) is 0 Å². The summed E-state index contributed by atoms with van der Waals surface area (Å²) < 4.78 is 5.35. The van der Waals surface area contributed by atoms with E-state index in [4.69, 9.17) is 4.52 Å². The van der Waals surface area contributed by atoms with Crippen LogP contribution in [0.1, 0.15) is 49.3 Å². The van der Waals surface area contributed by atoms with Gasteiger partial charge in [0, 0.05) is 49.1 Å². The summed E-state index contributed by atoms with van der Waals surface area (Å²) in [6.45, 7) is 7.74. The standard InChI is InChI=1S/C27H32N6O4/c1-17(2)18-6-8-20(9-7-18)27(36,26(3)15-31(4)16-26)21-10-19(11-28-12-21)24-29-22(37-30-24)13-33-23(34)14-32(5)25(33)35/h6-12,17,36H,13-16H2,1-5H3. The molecule has 1 aromatic carbocycles. The number of aromatic nitrogens is 3. The Labute approximate surface area is 215 Å². The van der Waals surface area contributed by atoms with E-state index in [-0.39, 0.29) is 30.7 Å². The fourth-order valence-corrected chi connectivity index (χ4v) is 5.50. The van der Waals surface area contributed by atoms with Gasteiger partial charge in [0.2, 0.25) is 11.7 Å². The van der Waals surface area contributed by atoms with Gasteiger partial charge in [0.15, 0.2) is 0 Å². The SMILES string of the molecule is CC(C)c1ccc(C(O)(c2cncc(-c3noc(CN4C(=O)CN(C)C4=O)n3)c2)C2(C)CN(C)C2)cc1. The predicted octanol–water partition coefficient (Wildman–Crippen LogP) is 2.84. The van der Waals surface area contributed by atoms with Gasteiger partial charge in [0.1, 0.15) is 18.7 Å². The third-order valence-corrected chi connectivity index (χ3v) is 7.51. The van der Waals surface area contributed by atoms with Crippen LogP contribution in [-0.4, -0.2) is 80.6 Å². The van der Waals surface area contributed by atoms with Gasteiger partial charge >= 0.3 is 6.03 Å². The molecule has 0 radical (unpaired) electrons. The lowest BCUT2D eigenvalue weighted by Crippen LogP contribution is -2.63.